The molecule has 0 aliphatic carbocycles. The van der Waals surface area contributed by atoms with E-state index in [0.717, 1.165) is 10.5 Å². The molecule has 0 heterocycles. The maximum Gasteiger partial charge on any atom is 0.243 e. The normalized spacial score (nSPS) is 11.9. The summed E-state index contributed by atoms with van der Waals surface area (Å²) in [7, 11) is 0. The lowest BCUT2D eigenvalue weighted by molar-refractivity contribution is -0.139. The molecular weight excluding hydrogens is 368 g/mol. The summed E-state index contributed by atoms with van der Waals surface area (Å²) in [4.78, 5) is 28.6. The van der Waals surface area contributed by atoms with Gasteiger partial charge in [0.05, 0.1) is 5.75 Å². The Bertz CT molecular complexity index is 760. The van der Waals surface area contributed by atoms with Gasteiger partial charge in [0.1, 0.15) is 6.04 Å². The smallest absolute Gasteiger partial charge is 0.243 e. The van der Waals surface area contributed by atoms with Crippen LogP contribution in [0.3, 0.4) is 0 Å². The van der Waals surface area contributed by atoms with Gasteiger partial charge in [0.2, 0.25) is 11.8 Å². The summed E-state index contributed by atoms with van der Waals surface area (Å²) in [5.74, 6) is 0.184. The number of carbonyl (C=O) groups is 2. The van der Waals surface area contributed by atoms with Crippen molar-refractivity contribution < 1.29 is 9.59 Å². The first kappa shape index (κ1) is 22.0. The summed E-state index contributed by atoms with van der Waals surface area (Å²) in [6, 6.07) is 17.5. The molecule has 2 aromatic carbocycles. The Morgan fingerprint density at radius 2 is 1.68 bits per heavy atom. The molecule has 0 radical (unpaired) electrons. The highest BCUT2D eigenvalue weighted by Gasteiger charge is 2.28. The van der Waals surface area contributed by atoms with Crippen LogP contribution in [-0.2, 0) is 16.1 Å². The van der Waals surface area contributed by atoms with Crippen LogP contribution in [0.1, 0.15) is 38.3 Å². The van der Waals surface area contributed by atoms with Crippen LogP contribution in [0.25, 0.3) is 0 Å². The van der Waals surface area contributed by atoms with Crippen LogP contribution in [-0.4, -0.2) is 34.6 Å². The highest BCUT2D eigenvalue weighted by atomic mass is 32.2. The summed E-state index contributed by atoms with van der Waals surface area (Å²) in [5, 5.41) is 2.96. The number of hydrogen-bond acceptors (Lipinski definition) is 3. The number of benzene rings is 2. The van der Waals surface area contributed by atoms with Crippen LogP contribution in [0.15, 0.2) is 59.5 Å². The molecule has 1 N–H and O–H groups in total. The second-order valence-electron chi connectivity index (χ2n) is 7.20. The third-order valence-electron chi connectivity index (χ3n) is 4.40. The highest BCUT2D eigenvalue weighted by molar-refractivity contribution is 8.00. The molecule has 0 aliphatic heterocycles. The molecule has 1 unspecified atom stereocenters. The van der Waals surface area contributed by atoms with E-state index in [1.807, 2.05) is 82.3 Å². The van der Waals surface area contributed by atoms with Crippen molar-refractivity contribution in [3.8, 4) is 0 Å². The lowest BCUT2D eigenvalue weighted by atomic mass is 10.1. The number of carbonyl (C=O) groups excluding carboxylic acids is 2. The second kappa shape index (κ2) is 10.9. The van der Waals surface area contributed by atoms with Crippen LogP contribution in [0.2, 0.25) is 0 Å². The minimum Gasteiger partial charge on any atom is -0.352 e. The molecule has 150 valence electrons. The fourth-order valence-electron chi connectivity index (χ4n) is 2.94. The van der Waals surface area contributed by atoms with Gasteiger partial charge in [-0.3, -0.25) is 9.59 Å². The van der Waals surface area contributed by atoms with Crippen molar-refractivity contribution in [2.45, 2.75) is 57.6 Å². The zero-order chi connectivity index (χ0) is 20.5. The summed E-state index contributed by atoms with van der Waals surface area (Å²) in [6.07, 6.45) is 0.576. The fourth-order valence-corrected chi connectivity index (χ4v) is 3.73. The van der Waals surface area contributed by atoms with Gasteiger partial charge in [-0.2, -0.15) is 0 Å². The number of nitrogens with zero attached hydrogens (tertiary/aromatic N) is 1. The number of nitrogens with one attached hydrogen (secondary N) is 1. The van der Waals surface area contributed by atoms with Gasteiger partial charge >= 0.3 is 0 Å². The topological polar surface area (TPSA) is 49.4 Å². The van der Waals surface area contributed by atoms with E-state index in [0.29, 0.717) is 18.7 Å². The van der Waals surface area contributed by atoms with E-state index in [1.54, 1.807) is 4.90 Å². The summed E-state index contributed by atoms with van der Waals surface area (Å²) >= 11 is 1.51. The van der Waals surface area contributed by atoms with E-state index < -0.39 is 6.04 Å². The number of rotatable bonds is 9. The van der Waals surface area contributed by atoms with E-state index in [1.165, 1.54) is 17.3 Å². The molecule has 2 rings (SSSR count). The second-order valence-corrected chi connectivity index (χ2v) is 8.25. The van der Waals surface area contributed by atoms with Crippen LogP contribution < -0.4 is 5.32 Å². The molecule has 28 heavy (non-hydrogen) atoms. The first-order chi connectivity index (χ1) is 13.4. The van der Waals surface area contributed by atoms with Crippen LogP contribution >= 0.6 is 11.8 Å². The van der Waals surface area contributed by atoms with Gasteiger partial charge in [-0.15, -0.1) is 11.8 Å². The average Bonchev–Trinajstić information content (AvgIpc) is 2.67. The summed E-state index contributed by atoms with van der Waals surface area (Å²) in [5.41, 5.74) is 2.21. The molecule has 0 spiro atoms. The molecule has 2 aromatic rings. The van der Waals surface area contributed by atoms with E-state index in [2.05, 4.69) is 5.32 Å². The van der Waals surface area contributed by atoms with Crippen molar-refractivity contribution in [3.63, 3.8) is 0 Å². The van der Waals surface area contributed by atoms with Gasteiger partial charge in [0.25, 0.3) is 0 Å². The Morgan fingerprint density at radius 1 is 1.04 bits per heavy atom. The van der Waals surface area contributed by atoms with Crippen molar-refractivity contribution in [3.05, 3.63) is 65.7 Å². The van der Waals surface area contributed by atoms with E-state index in [9.17, 15) is 9.59 Å². The number of hydrogen-bond donors (Lipinski definition) is 1. The zero-order valence-electron chi connectivity index (χ0n) is 17.1. The Hall–Kier alpha value is -2.27. The van der Waals surface area contributed by atoms with Crippen LogP contribution in [0, 0.1) is 6.92 Å². The maximum atomic E-state index is 13.1. The summed E-state index contributed by atoms with van der Waals surface area (Å²) < 4.78 is 0. The SMILES string of the molecule is CCC(C(=O)NC(C)C)N(Cc1ccccc1)C(=O)CSc1ccc(C)cc1. The minimum absolute atomic E-state index is 0.0276. The molecular formula is C23H30N2O2S. The van der Waals surface area contributed by atoms with Gasteiger partial charge < -0.3 is 10.2 Å². The van der Waals surface area contributed by atoms with Gasteiger partial charge in [-0.05, 0) is 44.9 Å². The van der Waals surface area contributed by atoms with Gasteiger partial charge in [0, 0.05) is 17.5 Å². The third-order valence-corrected chi connectivity index (χ3v) is 5.39. The molecule has 0 saturated heterocycles. The predicted molar refractivity (Wildman–Crippen MR) is 116 cm³/mol. The van der Waals surface area contributed by atoms with E-state index >= 15 is 0 Å². The quantitative estimate of drug-likeness (QED) is 0.636. The first-order valence-electron chi connectivity index (χ1n) is 9.74. The largest absolute Gasteiger partial charge is 0.352 e. The van der Waals surface area contributed by atoms with Crippen molar-refractivity contribution >= 4 is 23.6 Å². The van der Waals surface area contributed by atoms with Gasteiger partial charge in [-0.1, -0.05) is 55.0 Å². The van der Waals surface area contributed by atoms with Gasteiger partial charge in [-0.25, -0.2) is 0 Å². The Labute approximate surface area is 172 Å². The molecule has 0 fully saturated rings. The molecule has 1 atom stereocenters. The van der Waals surface area contributed by atoms with Crippen molar-refractivity contribution in [1.29, 1.82) is 0 Å². The van der Waals surface area contributed by atoms with Crippen molar-refractivity contribution in [2.24, 2.45) is 0 Å². The van der Waals surface area contributed by atoms with Crippen LogP contribution in [0.5, 0.6) is 0 Å². The Morgan fingerprint density at radius 3 is 2.25 bits per heavy atom. The molecule has 0 aromatic heterocycles. The zero-order valence-corrected chi connectivity index (χ0v) is 18.0. The van der Waals surface area contributed by atoms with Gasteiger partial charge in [0.15, 0.2) is 0 Å². The lowest BCUT2D eigenvalue weighted by Gasteiger charge is -2.31. The standard InChI is InChI=1S/C23H30N2O2S/c1-5-21(23(27)24-17(2)3)25(15-19-9-7-6-8-10-19)22(26)16-28-20-13-11-18(4)12-14-20/h6-14,17,21H,5,15-16H2,1-4H3,(H,24,27). The Balaban J connectivity index is 2.16. The third kappa shape index (κ3) is 6.71. The first-order valence-corrected chi connectivity index (χ1v) is 10.7. The Kier molecular flexibility index (Phi) is 8.58. The molecule has 5 heteroatoms. The monoisotopic (exact) mass is 398 g/mol. The molecule has 0 aliphatic rings. The van der Waals surface area contributed by atoms with E-state index in [4.69, 9.17) is 0 Å². The number of amides is 2. The lowest BCUT2D eigenvalue weighted by Crippen LogP contribution is -2.50. The number of aryl methyl sites for hydroxylation is 1. The number of thioether (sulfide) groups is 1. The molecule has 4 nitrogen and oxygen atoms in total. The summed E-state index contributed by atoms with van der Waals surface area (Å²) in [6.45, 7) is 8.28. The molecule has 0 bridgehead atoms. The van der Waals surface area contributed by atoms with Crippen LogP contribution in [0.4, 0.5) is 0 Å². The molecule has 2 amide bonds. The van der Waals surface area contributed by atoms with Crippen molar-refractivity contribution in [2.75, 3.05) is 5.75 Å². The highest BCUT2D eigenvalue weighted by Crippen LogP contribution is 2.21. The maximum absolute atomic E-state index is 13.1. The predicted octanol–water partition coefficient (Wildman–Crippen LogP) is 4.42. The average molecular weight is 399 g/mol. The molecule has 0 saturated carbocycles. The van der Waals surface area contributed by atoms with Crippen molar-refractivity contribution in [1.82, 2.24) is 10.2 Å². The fraction of sp³-hybridized carbons (Fsp3) is 0.391. The van der Waals surface area contributed by atoms with E-state index in [-0.39, 0.29) is 17.9 Å². The minimum atomic E-state index is -0.478.